The van der Waals surface area contributed by atoms with Gasteiger partial charge >= 0.3 is 6.09 Å². The molecule has 5 fully saturated rings. The lowest BCUT2D eigenvalue weighted by Crippen LogP contribution is -2.62. The molecule has 2 amide bonds. The second kappa shape index (κ2) is 7.48. The van der Waals surface area contributed by atoms with Crippen LogP contribution >= 0.6 is 0 Å². The number of carbonyl (C=O) groups is 2. The number of hydrogen-bond donors (Lipinski definition) is 0. The Morgan fingerprint density at radius 1 is 0.964 bits per heavy atom. The Morgan fingerprint density at radius 3 is 2.21 bits per heavy atom. The van der Waals surface area contributed by atoms with E-state index in [1.807, 2.05) is 11.8 Å². The Hall–Kier alpha value is -1.34. The lowest BCUT2D eigenvalue weighted by molar-refractivity contribution is -0.134. The van der Waals surface area contributed by atoms with Crippen molar-refractivity contribution >= 4 is 12.0 Å². The van der Waals surface area contributed by atoms with Gasteiger partial charge in [0, 0.05) is 38.1 Å². The van der Waals surface area contributed by atoms with Gasteiger partial charge in [0.2, 0.25) is 5.91 Å². The predicted octanol–water partition coefficient (Wildman–Crippen LogP) is 1.57. The molecular weight excluding hydrogens is 358 g/mol. The van der Waals surface area contributed by atoms with Crippen molar-refractivity contribution in [3.8, 4) is 0 Å². The van der Waals surface area contributed by atoms with Crippen LogP contribution < -0.4 is 0 Å². The van der Waals surface area contributed by atoms with Gasteiger partial charge in [-0.05, 0) is 50.9 Å². The van der Waals surface area contributed by atoms with Gasteiger partial charge in [0.25, 0.3) is 0 Å². The van der Waals surface area contributed by atoms with E-state index in [1.165, 1.54) is 19.3 Å². The van der Waals surface area contributed by atoms with Gasteiger partial charge in [0.15, 0.2) is 0 Å². The molecular formula is C21H33N3O4. The van der Waals surface area contributed by atoms with Crippen molar-refractivity contribution in [2.24, 2.45) is 17.8 Å². The second-order valence-corrected chi connectivity index (χ2v) is 9.27. The molecule has 1 saturated carbocycles. The molecule has 0 aromatic heterocycles. The van der Waals surface area contributed by atoms with Crippen LogP contribution in [0.1, 0.15) is 39.0 Å². The van der Waals surface area contributed by atoms with Crippen LogP contribution in [0.5, 0.6) is 0 Å². The Kier molecular flexibility index (Phi) is 4.99. The van der Waals surface area contributed by atoms with Crippen molar-refractivity contribution in [2.45, 2.75) is 57.2 Å². The third-order valence-corrected chi connectivity index (χ3v) is 7.67. The number of amides is 2. The summed E-state index contributed by atoms with van der Waals surface area (Å²) in [4.78, 5) is 31.8. The van der Waals surface area contributed by atoms with Crippen LogP contribution in [0, 0.1) is 17.8 Å². The minimum atomic E-state index is -0.185. The normalized spacial score (nSPS) is 40.2. The molecule has 2 bridgehead atoms. The maximum atomic E-state index is 12.8. The zero-order valence-electron chi connectivity index (χ0n) is 16.9. The number of fused-ring (bicyclic) bond motifs is 3. The van der Waals surface area contributed by atoms with E-state index in [1.54, 1.807) is 0 Å². The Labute approximate surface area is 167 Å². The van der Waals surface area contributed by atoms with Crippen LogP contribution in [0.3, 0.4) is 0 Å². The average Bonchev–Trinajstić information content (AvgIpc) is 3.20. The topological polar surface area (TPSA) is 62.3 Å². The van der Waals surface area contributed by atoms with Crippen molar-refractivity contribution in [1.82, 2.24) is 14.7 Å². The molecule has 5 atom stereocenters. The smallest absolute Gasteiger partial charge is 0.410 e. The number of hydrogen-bond acceptors (Lipinski definition) is 5. The minimum absolute atomic E-state index is 0.124. The van der Waals surface area contributed by atoms with Crippen LogP contribution in [0.15, 0.2) is 0 Å². The number of ether oxygens (including phenoxy) is 2. The fraction of sp³-hybridized carbons (Fsp3) is 0.905. The molecule has 0 radical (unpaired) electrons. The van der Waals surface area contributed by atoms with Crippen LogP contribution in [0.4, 0.5) is 4.79 Å². The average molecular weight is 392 g/mol. The standard InChI is InChI=1S/C21H33N3O4/c1-2-28-21(26)24-15-8-14(9-16(24)13-27-12-15)23-10-17-18(11-23)19(17)20(25)22-6-4-3-5-7-22/h14-19H,2-13H2,1H3/t14?,15?,16?,17-,18+,19-. The summed E-state index contributed by atoms with van der Waals surface area (Å²) in [6, 6.07) is 0.752. The van der Waals surface area contributed by atoms with Crippen molar-refractivity contribution < 1.29 is 19.1 Å². The van der Waals surface area contributed by atoms with Crippen molar-refractivity contribution in [1.29, 1.82) is 0 Å². The molecule has 156 valence electrons. The maximum Gasteiger partial charge on any atom is 0.410 e. The van der Waals surface area contributed by atoms with E-state index >= 15 is 0 Å². The lowest BCUT2D eigenvalue weighted by atomic mass is 9.89. The molecule has 7 heteroatoms. The summed E-state index contributed by atoms with van der Waals surface area (Å²) in [5.41, 5.74) is 0. The molecule has 4 saturated heterocycles. The predicted molar refractivity (Wildman–Crippen MR) is 103 cm³/mol. The molecule has 1 aliphatic carbocycles. The zero-order chi connectivity index (χ0) is 19.3. The van der Waals surface area contributed by atoms with Crippen LogP contribution in [-0.4, -0.2) is 90.8 Å². The lowest BCUT2D eigenvalue weighted by Gasteiger charge is -2.49. The highest BCUT2D eigenvalue weighted by Gasteiger charge is 2.61. The molecule has 4 aliphatic heterocycles. The zero-order valence-corrected chi connectivity index (χ0v) is 16.9. The van der Waals surface area contributed by atoms with E-state index in [9.17, 15) is 9.59 Å². The minimum Gasteiger partial charge on any atom is -0.450 e. The van der Waals surface area contributed by atoms with E-state index in [0.717, 1.165) is 39.0 Å². The molecule has 0 spiro atoms. The number of rotatable bonds is 3. The van der Waals surface area contributed by atoms with Gasteiger partial charge in [0.1, 0.15) is 0 Å². The number of morpholine rings is 1. The van der Waals surface area contributed by atoms with E-state index in [-0.39, 0.29) is 24.1 Å². The van der Waals surface area contributed by atoms with E-state index in [0.29, 0.717) is 43.6 Å². The Balaban J connectivity index is 1.17. The first kappa shape index (κ1) is 18.7. The summed E-state index contributed by atoms with van der Waals surface area (Å²) in [7, 11) is 0. The van der Waals surface area contributed by atoms with Gasteiger partial charge in [0.05, 0.1) is 31.9 Å². The monoisotopic (exact) mass is 391 g/mol. The fourth-order valence-electron chi connectivity index (χ4n) is 6.23. The Morgan fingerprint density at radius 2 is 1.61 bits per heavy atom. The van der Waals surface area contributed by atoms with Gasteiger partial charge < -0.3 is 14.4 Å². The molecule has 7 nitrogen and oxygen atoms in total. The third kappa shape index (κ3) is 3.20. The van der Waals surface area contributed by atoms with Crippen LogP contribution in [-0.2, 0) is 14.3 Å². The van der Waals surface area contributed by atoms with Gasteiger partial charge in [-0.3, -0.25) is 14.6 Å². The second-order valence-electron chi connectivity index (χ2n) is 9.27. The number of likely N-dealkylation sites (tertiary alicyclic amines) is 2. The molecule has 4 heterocycles. The maximum absolute atomic E-state index is 12.8. The van der Waals surface area contributed by atoms with Crippen molar-refractivity contribution in [3.63, 3.8) is 0 Å². The van der Waals surface area contributed by atoms with Crippen molar-refractivity contribution in [3.05, 3.63) is 0 Å². The van der Waals surface area contributed by atoms with E-state index in [4.69, 9.17) is 9.47 Å². The molecule has 28 heavy (non-hydrogen) atoms. The van der Waals surface area contributed by atoms with Gasteiger partial charge in [-0.2, -0.15) is 0 Å². The Bertz CT molecular complexity index is 597. The number of piperidine rings is 3. The highest BCUT2D eigenvalue weighted by Crippen LogP contribution is 2.54. The first-order valence-corrected chi connectivity index (χ1v) is 11.2. The highest BCUT2D eigenvalue weighted by atomic mass is 16.6. The summed E-state index contributed by atoms with van der Waals surface area (Å²) in [5.74, 6) is 1.84. The molecule has 0 aromatic carbocycles. The molecule has 5 aliphatic rings. The van der Waals surface area contributed by atoms with Gasteiger partial charge in [-0.1, -0.05) is 0 Å². The molecule has 2 unspecified atom stereocenters. The van der Waals surface area contributed by atoms with Gasteiger partial charge in [-0.25, -0.2) is 4.79 Å². The molecule has 5 rings (SSSR count). The fourth-order valence-corrected chi connectivity index (χ4v) is 6.23. The number of nitrogens with zero attached hydrogens (tertiary/aromatic N) is 3. The first-order valence-electron chi connectivity index (χ1n) is 11.2. The van der Waals surface area contributed by atoms with Crippen LogP contribution in [0.2, 0.25) is 0 Å². The van der Waals surface area contributed by atoms with E-state index < -0.39 is 0 Å². The SMILES string of the molecule is CCOC(=O)N1C2COCC1CC(N1C[C@@H]3[C@H](C1)[C@@H]3C(=O)N1CCCCC1)C2. The largest absolute Gasteiger partial charge is 0.450 e. The van der Waals surface area contributed by atoms with Gasteiger partial charge in [-0.15, -0.1) is 0 Å². The summed E-state index contributed by atoms with van der Waals surface area (Å²) in [6.07, 6.45) is 5.34. The molecule has 0 aromatic rings. The quantitative estimate of drug-likeness (QED) is 0.731. The summed E-state index contributed by atoms with van der Waals surface area (Å²) in [5, 5.41) is 0. The van der Waals surface area contributed by atoms with Crippen molar-refractivity contribution in [2.75, 3.05) is 46.0 Å². The summed E-state index contributed by atoms with van der Waals surface area (Å²) < 4.78 is 11.0. The highest BCUT2D eigenvalue weighted by molar-refractivity contribution is 5.82. The summed E-state index contributed by atoms with van der Waals surface area (Å²) in [6.45, 7) is 7.54. The summed E-state index contributed by atoms with van der Waals surface area (Å²) >= 11 is 0. The molecule has 0 N–H and O–H groups in total. The number of carbonyl (C=O) groups excluding carboxylic acids is 2. The third-order valence-electron chi connectivity index (χ3n) is 7.67. The van der Waals surface area contributed by atoms with E-state index in [2.05, 4.69) is 9.80 Å². The van der Waals surface area contributed by atoms with Crippen LogP contribution in [0.25, 0.3) is 0 Å². The first-order chi connectivity index (χ1) is 13.7.